The summed E-state index contributed by atoms with van der Waals surface area (Å²) in [5, 5.41) is 7.24. The number of fused-ring (bicyclic) bond motifs is 1. The van der Waals surface area contributed by atoms with Crippen LogP contribution in [0.4, 0.5) is 5.69 Å². The van der Waals surface area contributed by atoms with Crippen LogP contribution in [0.15, 0.2) is 36.5 Å². The molecule has 0 radical (unpaired) electrons. The lowest BCUT2D eigenvalue weighted by Crippen LogP contribution is -2.47. The molecule has 2 aromatic rings. The Bertz CT molecular complexity index is 611. The molecule has 0 bridgehead atoms. The van der Waals surface area contributed by atoms with Gasteiger partial charge in [0.15, 0.2) is 0 Å². The first kappa shape index (κ1) is 14.3. The lowest BCUT2D eigenvalue weighted by atomic mass is 10.1. The summed E-state index contributed by atoms with van der Waals surface area (Å²) in [7, 11) is 0. The minimum Gasteiger partial charge on any atom is -0.373 e. The van der Waals surface area contributed by atoms with E-state index in [1.165, 1.54) is 0 Å². The maximum absolute atomic E-state index is 12.1. The summed E-state index contributed by atoms with van der Waals surface area (Å²) in [6.07, 6.45) is 1.75. The molecule has 2 N–H and O–H groups in total. The maximum atomic E-state index is 12.1. The van der Waals surface area contributed by atoms with Crippen molar-refractivity contribution in [2.75, 3.05) is 5.32 Å². The lowest BCUT2D eigenvalue weighted by molar-refractivity contribution is -0.122. The van der Waals surface area contributed by atoms with Gasteiger partial charge in [-0.05, 0) is 39.8 Å². The summed E-state index contributed by atoms with van der Waals surface area (Å²) in [6.45, 7) is 7.77. The molecule has 0 spiro atoms. The smallest absolute Gasteiger partial charge is 0.242 e. The van der Waals surface area contributed by atoms with E-state index >= 15 is 0 Å². The van der Waals surface area contributed by atoms with Crippen LogP contribution in [-0.2, 0) is 4.79 Å². The van der Waals surface area contributed by atoms with E-state index in [1.54, 1.807) is 6.20 Å². The molecule has 0 aliphatic heterocycles. The van der Waals surface area contributed by atoms with E-state index in [2.05, 4.69) is 15.6 Å². The molecule has 1 heterocycles. The maximum Gasteiger partial charge on any atom is 0.242 e. The highest BCUT2D eigenvalue weighted by Gasteiger charge is 2.19. The van der Waals surface area contributed by atoms with Crippen LogP contribution in [0.25, 0.3) is 10.9 Å². The van der Waals surface area contributed by atoms with Crippen LogP contribution in [0.3, 0.4) is 0 Å². The van der Waals surface area contributed by atoms with Gasteiger partial charge in [0.05, 0.1) is 5.52 Å². The van der Waals surface area contributed by atoms with Gasteiger partial charge in [0.2, 0.25) is 5.91 Å². The Morgan fingerprint density at radius 2 is 1.90 bits per heavy atom. The molecule has 2 rings (SSSR count). The van der Waals surface area contributed by atoms with Gasteiger partial charge in [-0.15, -0.1) is 0 Å². The third-order valence-corrected chi connectivity index (χ3v) is 2.91. The fourth-order valence-electron chi connectivity index (χ4n) is 2.00. The predicted octanol–water partition coefficient (Wildman–Crippen LogP) is 2.95. The Morgan fingerprint density at radius 3 is 2.60 bits per heavy atom. The van der Waals surface area contributed by atoms with Gasteiger partial charge in [-0.25, -0.2) is 0 Å². The zero-order valence-electron chi connectivity index (χ0n) is 12.4. The molecule has 0 fully saturated rings. The second-order valence-corrected chi connectivity index (χ2v) is 5.98. The predicted molar refractivity (Wildman–Crippen MR) is 82.7 cm³/mol. The van der Waals surface area contributed by atoms with Crippen LogP contribution in [0.5, 0.6) is 0 Å². The zero-order valence-corrected chi connectivity index (χ0v) is 12.4. The molecule has 0 aliphatic rings. The number of pyridine rings is 1. The highest BCUT2D eigenvalue weighted by atomic mass is 16.2. The molecule has 0 saturated heterocycles. The number of hydrogen-bond acceptors (Lipinski definition) is 3. The fraction of sp³-hybridized carbons (Fsp3) is 0.375. The number of rotatable bonds is 3. The summed E-state index contributed by atoms with van der Waals surface area (Å²) in [4.78, 5) is 16.4. The minimum absolute atomic E-state index is 0.0154. The van der Waals surface area contributed by atoms with Gasteiger partial charge < -0.3 is 10.6 Å². The Balaban J connectivity index is 2.18. The van der Waals surface area contributed by atoms with Gasteiger partial charge in [0, 0.05) is 22.8 Å². The molecule has 0 unspecified atom stereocenters. The standard InChI is InChI=1S/C16H21N3O/c1-11(15(20)19-16(2,3)4)18-14-9-10-17-13-8-6-5-7-12(13)14/h5-11H,1-4H3,(H,17,18)(H,19,20)/t11-/m0/s1. The van der Waals surface area contributed by atoms with Crippen molar-refractivity contribution in [1.82, 2.24) is 10.3 Å². The average Bonchev–Trinajstić information content (AvgIpc) is 2.37. The molecule has 0 saturated carbocycles. The zero-order chi connectivity index (χ0) is 14.8. The van der Waals surface area contributed by atoms with Crippen molar-refractivity contribution >= 4 is 22.5 Å². The van der Waals surface area contributed by atoms with Crippen LogP contribution >= 0.6 is 0 Å². The molecule has 106 valence electrons. The van der Waals surface area contributed by atoms with E-state index in [9.17, 15) is 4.79 Å². The molecule has 0 aliphatic carbocycles. The van der Waals surface area contributed by atoms with Crippen molar-refractivity contribution < 1.29 is 4.79 Å². The Morgan fingerprint density at radius 1 is 1.20 bits per heavy atom. The second-order valence-electron chi connectivity index (χ2n) is 5.98. The van der Waals surface area contributed by atoms with Crippen molar-refractivity contribution in [3.05, 3.63) is 36.5 Å². The number of aromatic nitrogens is 1. The van der Waals surface area contributed by atoms with E-state index in [1.807, 2.05) is 58.0 Å². The lowest BCUT2D eigenvalue weighted by Gasteiger charge is -2.24. The van der Waals surface area contributed by atoms with Gasteiger partial charge in [-0.2, -0.15) is 0 Å². The number of amides is 1. The highest BCUT2D eigenvalue weighted by Crippen LogP contribution is 2.21. The Hall–Kier alpha value is -2.10. The number of nitrogens with zero attached hydrogens (tertiary/aromatic N) is 1. The number of nitrogens with one attached hydrogen (secondary N) is 2. The molecule has 1 amide bonds. The van der Waals surface area contributed by atoms with Crippen molar-refractivity contribution in [2.45, 2.75) is 39.3 Å². The van der Waals surface area contributed by atoms with Crippen molar-refractivity contribution in [2.24, 2.45) is 0 Å². The van der Waals surface area contributed by atoms with E-state index in [0.29, 0.717) is 0 Å². The summed E-state index contributed by atoms with van der Waals surface area (Å²) in [5.74, 6) is -0.0154. The topological polar surface area (TPSA) is 54.0 Å². The van der Waals surface area contributed by atoms with Crippen LogP contribution in [0, 0.1) is 0 Å². The summed E-state index contributed by atoms with van der Waals surface area (Å²) >= 11 is 0. The van der Waals surface area contributed by atoms with Crippen molar-refractivity contribution in [1.29, 1.82) is 0 Å². The number of carbonyl (C=O) groups excluding carboxylic acids is 1. The van der Waals surface area contributed by atoms with E-state index in [0.717, 1.165) is 16.6 Å². The van der Waals surface area contributed by atoms with Crippen molar-refractivity contribution in [3.63, 3.8) is 0 Å². The van der Waals surface area contributed by atoms with Gasteiger partial charge in [0.1, 0.15) is 6.04 Å². The van der Waals surface area contributed by atoms with Gasteiger partial charge in [-0.3, -0.25) is 9.78 Å². The van der Waals surface area contributed by atoms with Crippen LogP contribution in [-0.4, -0.2) is 22.5 Å². The summed E-state index contributed by atoms with van der Waals surface area (Å²) in [5.41, 5.74) is 1.61. The van der Waals surface area contributed by atoms with Crippen LogP contribution < -0.4 is 10.6 Å². The Kier molecular flexibility index (Phi) is 3.93. The van der Waals surface area contributed by atoms with Gasteiger partial charge >= 0.3 is 0 Å². The fourth-order valence-corrected chi connectivity index (χ4v) is 2.00. The summed E-state index contributed by atoms with van der Waals surface area (Å²) in [6, 6.07) is 9.46. The molecule has 4 heteroatoms. The SMILES string of the molecule is C[C@H](Nc1ccnc2ccccc12)C(=O)NC(C)(C)C. The van der Waals surface area contributed by atoms with E-state index in [-0.39, 0.29) is 17.5 Å². The molecule has 1 aromatic heterocycles. The average molecular weight is 271 g/mol. The molecular weight excluding hydrogens is 250 g/mol. The number of para-hydroxylation sites is 1. The minimum atomic E-state index is -0.306. The van der Waals surface area contributed by atoms with Crippen LogP contribution in [0.1, 0.15) is 27.7 Å². The van der Waals surface area contributed by atoms with E-state index < -0.39 is 0 Å². The number of benzene rings is 1. The molecule has 1 aromatic carbocycles. The third-order valence-electron chi connectivity index (χ3n) is 2.91. The first-order chi connectivity index (χ1) is 9.37. The first-order valence-corrected chi connectivity index (χ1v) is 6.79. The molecular formula is C16H21N3O. The van der Waals surface area contributed by atoms with Gasteiger partial charge in [0.25, 0.3) is 0 Å². The monoisotopic (exact) mass is 271 g/mol. The van der Waals surface area contributed by atoms with E-state index in [4.69, 9.17) is 0 Å². The quantitative estimate of drug-likeness (QED) is 0.902. The Labute approximate surface area is 119 Å². The van der Waals surface area contributed by atoms with Crippen LogP contribution in [0.2, 0.25) is 0 Å². The molecule has 1 atom stereocenters. The molecule has 20 heavy (non-hydrogen) atoms. The van der Waals surface area contributed by atoms with Crippen molar-refractivity contribution in [3.8, 4) is 0 Å². The number of hydrogen-bond donors (Lipinski definition) is 2. The second kappa shape index (κ2) is 5.49. The number of anilines is 1. The normalized spacial score (nSPS) is 13.0. The third kappa shape index (κ3) is 3.47. The molecule has 4 nitrogen and oxygen atoms in total. The number of carbonyl (C=O) groups is 1. The largest absolute Gasteiger partial charge is 0.373 e. The highest BCUT2D eigenvalue weighted by molar-refractivity contribution is 5.93. The van der Waals surface area contributed by atoms with Gasteiger partial charge in [-0.1, -0.05) is 18.2 Å². The summed E-state index contributed by atoms with van der Waals surface area (Å²) < 4.78 is 0. The first-order valence-electron chi connectivity index (χ1n) is 6.79.